The van der Waals surface area contributed by atoms with Crippen LogP contribution in [0, 0.1) is 23.7 Å². The Labute approximate surface area is 121 Å². The van der Waals surface area contributed by atoms with Crippen molar-refractivity contribution in [3.8, 4) is 0 Å². The number of hydrogen-bond acceptors (Lipinski definition) is 1. The molecule has 19 heavy (non-hydrogen) atoms. The lowest BCUT2D eigenvalue weighted by Gasteiger charge is -2.36. The highest BCUT2D eigenvalue weighted by Crippen LogP contribution is 2.38. The first-order valence-corrected chi connectivity index (χ1v) is 8.38. The zero-order chi connectivity index (χ0) is 14.3. The molecular weight excluding hydrogens is 230 g/mol. The highest BCUT2D eigenvalue weighted by Gasteiger charge is 2.29. The fraction of sp³-hybridized carbons (Fsp3) is 0.889. The molecular formula is C18H35N. The Balaban J connectivity index is 2.42. The van der Waals surface area contributed by atoms with E-state index in [2.05, 4.69) is 39.6 Å². The van der Waals surface area contributed by atoms with Gasteiger partial charge in [-0.05, 0) is 69.4 Å². The van der Waals surface area contributed by atoms with Crippen molar-refractivity contribution >= 4 is 0 Å². The Morgan fingerprint density at radius 2 is 2.00 bits per heavy atom. The summed E-state index contributed by atoms with van der Waals surface area (Å²) in [6, 6.07) is 0. The van der Waals surface area contributed by atoms with Gasteiger partial charge in [0.15, 0.2) is 0 Å². The van der Waals surface area contributed by atoms with Gasteiger partial charge in [-0.2, -0.15) is 0 Å². The van der Waals surface area contributed by atoms with Gasteiger partial charge < -0.3 is 5.32 Å². The van der Waals surface area contributed by atoms with Crippen LogP contribution in [0.4, 0.5) is 0 Å². The maximum atomic E-state index is 4.07. The van der Waals surface area contributed by atoms with E-state index in [1.54, 1.807) is 0 Å². The largest absolute Gasteiger partial charge is 0.316 e. The number of hydrogen-bond donors (Lipinski definition) is 1. The predicted octanol–water partition coefficient (Wildman–Crippen LogP) is 5.03. The van der Waals surface area contributed by atoms with Gasteiger partial charge in [0, 0.05) is 0 Å². The molecule has 1 rings (SSSR count). The lowest BCUT2D eigenvalue weighted by molar-refractivity contribution is 0.162. The number of allylic oxidation sites excluding steroid dienone is 1. The zero-order valence-corrected chi connectivity index (χ0v) is 13.7. The van der Waals surface area contributed by atoms with Crippen LogP contribution in [-0.2, 0) is 0 Å². The molecule has 0 heterocycles. The van der Waals surface area contributed by atoms with E-state index in [9.17, 15) is 0 Å². The zero-order valence-electron chi connectivity index (χ0n) is 13.7. The minimum Gasteiger partial charge on any atom is -0.316 e. The number of nitrogens with one attached hydrogen (secondary N) is 1. The molecule has 0 radical (unpaired) electrons. The molecule has 1 aliphatic carbocycles. The molecule has 0 bridgehead atoms. The Kier molecular flexibility index (Phi) is 7.75. The highest BCUT2D eigenvalue weighted by atomic mass is 14.9. The first kappa shape index (κ1) is 16.8. The summed E-state index contributed by atoms with van der Waals surface area (Å²) >= 11 is 0. The Morgan fingerprint density at radius 1 is 1.26 bits per heavy atom. The molecule has 0 aliphatic heterocycles. The van der Waals surface area contributed by atoms with Gasteiger partial charge in [-0.3, -0.25) is 0 Å². The van der Waals surface area contributed by atoms with Gasteiger partial charge in [0.05, 0.1) is 0 Å². The number of rotatable bonds is 8. The second kappa shape index (κ2) is 8.79. The summed E-state index contributed by atoms with van der Waals surface area (Å²) in [5.74, 6) is 3.58. The van der Waals surface area contributed by atoms with E-state index >= 15 is 0 Å². The van der Waals surface area contributed by atoms with Crippen LogP contribution >= 0.6 is 0 Å². The van der Waals surface area contributed by atoms with Crippen molar-refractivity contribution in [3.63, 3.8) is 0 Å². The van der Waals surface area contributed by atoms with E-state index in [1.807, 2.05) is 0 Å². The third-order valence-electron chi connectivity index (χ3n) is 4.73. The lowest BCUT2D eigenvalue weighted by atomic mass is 9.71. The van der Waals surface area contributed by atoms with Crippen molar-refractivity contribution in [2.45, 2.75) is 66.2 Å². The van der Waals surface area contributed by atoms with Gasteiger partial charge >= 0.3 is 0 Å². The first-order valence-electron chi connectivity index (χ1n) is 8.38. The quantitative estimate of drug-likeness (QED) is 0.607. The minimum atomic E-state index is 0.765. The van der Waals surface area contributed by atoms with E-state index in [-0.39, 0.29) is 0 Å². The molecule has 1 heteroatoms. The highest BCUT2D eigenvalue weighted by molar-refractivity contribution is 4.90. The van der Waals surface area contributed by atoms with Crippen LogP contribution in [0.25, 0.3) is 0 Å². The van der Waals surface area contributed by atoms with Gasteiger partial charge in [0.25, 0.3) is 0 Å². The Hall–Kier alpha value is -0.300. The normalized spacial score (nSPS) is 27.7. The van der Waals surface area contributed by atoms with Crippen LogP contribution in [-0.4, -0.2) is 13.1 Å². The van der Waals surface area contributed by atoms with Crippen molar-refractivity contribution in [1.82, 2.24) is 5.32 Å². The molecule has 1 aliphatic rings. The van der Waals surface area contributed by atoms with Crippen molar-refractivity contribution in [3.05, 3.63) is 12.2 Å². The molecule has 1 fully saturated rings. The van der Waals surface area contributed by atoms with Crippen LogP contribution in [0.1, 0.15) is 66.2 Å². The van der Waals surface area contributed by atoms with Crippen molar-refractivity contribution in [1.29, 1.82) is 0 Å². The second-order valence-electron chi connectivity index (χ2n) is 7.16. The Morgan fingerprint density at radius 3 is 2.58 bits per heavy atom. The SMILES string of the molecule is C=C(C)CCC1CC(CC)CCC1CNCC(C)C. The molecule has 0 amide bonds. The monoisotopic (exact) mass is 265 g/mol. The maximum Gasteiger partial charge on any atom is -0.00178 e. The van der Waals surface area contributed by atoms with Crippen molar-refractivity contribution < 1.29 is 0 Å². The third-order valence-corrected chi connectivity index (χ3v) is 4.73. The van der Waals surface area contributed by atoms with Crippen LogP contribution in [0.15, 0.2) is 12.2 Å². The smallest absolute Gasteiger partial charge is 0.00178 e. The van der Waals surface area contributed by atoms with Gasteiger partial charge in [-0.15, -0.1) is 6.58 Å². The molecule has 0 saturated heterocycles. The summed E-state index contributed by atoms with van der Waals surface area (Å²) in [5.41, 5.74) is 1.35. The average Bonchev–Trinajstić information content (AvgIpc) is 2.36. The molecule has 0 aromatic heterocycles. The summed E-state index contributed by atoms with van der Waals surface area (Å²) in [6.07, 6.45) is 8.30. The van der Waals surface area contributed by atoms with Gasteiger partial charge in [0.2, 0.25) is 0 Å². The molecule has 3 atom stereocenters. The maximum absolute atomic E-state index is 4.07. The van der Waals surface area contributed by atoms with E-state index in [4.69, 9.17) is 0 Å². The summed E-state index contributed by atoms with van der Waals surface area (Å²) < 4.78 is 0. The van der Waals surface area contributed by atoms with E-state index in [0.717, 1.165) is 23.7 Å². The van der Waals surface area contributed by atoms with Gasteiger partial charge in [0.1, 0.15) is 0 Å². The fourth-order valence-corrected chi connectivity index (χ4v) is 3.41. The molecule has 0 spiro atoms. The molecule has 3 unspecified atom stereocenters. The standard InChI is InChI=1S/C18H35N/c1-6-16-8-10-18(13-19-12-15(4)5)17(11-16)9-7-14(2)3/h15-19H,2,6-13H2,1,3-5H3. The fourth-order valence-electron chi connectivity index (χ4n) is 3.41. The molecule has 112 valence electrons. The summed E-state index contributed by atoms with van der Waals surface area (Å²) in [6.45, 7) is 15.6. The van der Waals surface area contributed by atoms with Crippen LogP contribution < -0.4 is 5.32 Å². The van der Waals surface area contributed by atoms with Crippen LogP contribution in [0.3, 0.4) is 0 Å². The van der Waals surface area contributed by atoms with E-state index in [1.165, 1.54) is 57.2 Å². The average molecular weight is 265 g/mol. The van der Waals surface area contributed by atoms with E-state index < -0.39 is 0 Å². The topological polar surface area (TPSA) is 12.0 Å². The van der Waals surface area contributed by atoms with Crippen molar-refractivity contribution in [2.24, 2.45) is 23.7 Å². The van der Waals surface area contributed by atoms with Gasteiger partial charge in [-0.25, -0.2) is 0 Å². The molecule has 1 nitrogen and oxygen atoms in total. The molecule has 0 aromatic carbocycles. The van der Waals surface area contributed by atoms with Crippen LogP contribution in [0.2, 0.25) is 0 Å². The first-order chi connectivity index (χ1) is 9.02. The summed E-state index contributed by atoms with van der Waals surface area (Å²) in [5, 5.41) is 3.68. The third kappa shape index (κ3) is 6.61. The van der Waals surface area contributed by atoms with Crippen molar-refractivity contribution in [2.75, 3.05) is 13.1 Å². The van der Waals surface area contributed by atoms with E-state index in [0.29, 0.717) is 0 Å². The van der Waals surface area contributed by atoms with Crippen LogP contribution in [0.5, 0.6) is 0 Å². The second-order valence-corrected chi connectivity index (χ2v) is 7.16. The predicted molar refractivity (Wildman–Crippen MR) is 86.4 cm³/mol. The Bertz CT molecular complexity index is 256. The molecule has 1 N–H and O–H groups in total. The lowest BCUT2D eigenvalue weighted by Crippen LogP contribution is -2.34. The molecule has 0 aromatic rings. The minimum absolute atomic E-state index is 0.765. The van der Waals surface area contributed by atoms with Gasteiger partial charge in [-0.1, -0.05) is 39.2 Å². The summed E-state index contributed by atoms with van der Waals surface area (Å²) in [7, 11) is 0. The molecule has 1 saturated carbocycles. The summed E-state index contributed by atoms with van der Waals surface area (Å²) in [4.78, 5) is 0.